The molecule has 0 aliphatic rings. The molecule has 19 heavy (non-hydrogen) atoms. The smallest absolute Gasteiger partial charge is 0.303 e. The lowest BCUT2D eigenvalue weighted by molar-refractivity contribution is -0.136. The Morgan fingerprint density at radius 2 is 2.16 bits per heavy atom. The van der Waals surface area contributed by atoms with E-state index >= 15 is 0 Å². The number of nitrogens with one attached hydrogen (secondary N) is 1. The van der Waals surface area contributed by atoms with E-state index in [0.29, 0.717) is 11.3 Å². The molecule has 0 unspecified atom stereocenters. The van der Waals surface area contributed by atoms with Crippen LogP contribution in [0.5, 0.6) is 0 Å². The van der Waals surface area contributed by atoms with Crippen molar-refractivity contribution in [3.63, 3.8) is 0 Å². The van der Waals surface area contributed by atoms with Gasteiger partial charge in [-0.25, -0.2) is 8.78 Å². The maximum Gasteiger partial charge on any atom is 0.303 e. The van der Waals surface area contributed by atoms with E-state index in [1.807, 2.05) is 0 Å². The van der Waals surface area contributed by atoms with Gasteiger partial charge in [0.2, 0.25) is 0 Å². The van der Waals surface area contributed by atoms with Crippen molar-refractivity contribution in [1.82, 2.24) is 10.2 Å². The van der Waals surface area contributed by atoms with Gasteiger partial charge in [0.05, 0.1) is 5.69 Å². The topological polar surface area (TPSA) is 66.0 Å². The van der Waals surface area contributed by atoms with Gasteiger partial charge in [-0.05, 0) is 31.5 Å². The molecule has 0 aliphatic carbocycles. The van der Waals surface area contributed by atoms with Crippen molar-refractivity contribution in [1.29, 1.82) is 0 Å². The van der Waals surface area contributed by atoms with Crippen molar-refractivity contribution in [2.45, 2.75) is 19.8 Å². The Balaban J connectivity index is 2.44. The van der Waals surface area contributed by atoms with Gasteiger partial charge in [-0.3, -0.25) is 9.89 Å². The minimum Gasteiger partial charge on any atom is -0.481 e. The van der Waals surface area contributed by atoms with E-state index in [4.69, 9.17) is 5.11 Å². The van der Waals surface area contributed by atoms with Crippen LogP contribution in [0.2, 0.25) is 0 Å². The fourth-order valence-electron chi connectivity index (χ4n) is 1.89. The highest BCUT2D eigenvalue weighted by molar-refractivity contribution is 5.69. The highest BCUT2D eigenvalue weighted by atomic mass is 19.1. The van der Waals surface area contributed by atoms with Gasteiger partial charge < -0.3 is 5.11 Å². The lowest BCUT2D eigenvalue weighted by atomic mass is 10.0. The van der Waals surface area contributed by atoms with Crippen LogP contribution >= 0.6 is 0 Å². The molecule has 2 aromatic rings. The number of H-pyrrole nitrogens is 1. The van der Waals surface area contributed by atoms with Gasteiger partial charge in [-0.15, -0.1) is 0 Å². The van der Waals surface area contributed by atoms with Crippen LogP contribution in [-0.2, 0) is 11.2 Å². The van der Waals surface area contributed by atoms with E-state index in [1.165, 1.54) is 0 Å². The van der Waals surface area contributed by atoms with Crippen LogP contribution in [-0.4, -0.2) is 21.3 Å². The second kappa shape index (κ2) is 5.17. The van der Waals surface area contributed by atoms with Gasteiger partial charge in [-0.1, -0.05) is 0 Å². The fourth-order valence-corrected chi connectivity index (χ4v) is 1.89. The summed E-state index contributed by atoms with van der Waals surface area (Å²) in [5.41, 5.74) is 1.53. The number of rotatable bonds is 4. The van der Waals surface area contributed by atoms with Crippen LogP contribution in [0.3, 0.4) is 0 Å². The van der Waals surface area contributed by atoms with Crippen LogP contribution in [0.1, 0.15) is 17.7 Å². The molecule has 0 radical (unpaired) electrons. The molecule has 1 aromatic heterocycles. The Hall–Kier alpha value is -2.24. The summed E-state index contributed by atoms with van der Waals surface area (Å²) in [6, 6.07) is 3.10. The highest BCUT2D eigenvalue weighted by Crippen LogP contribution is 2.27. The van der Waals surface area contributed by atoms with Gasteiger partial charge in [0.15, 0.2) is 0 Å². The van der Waals surface area contributed by atoms with Gasteiger partial charge in [0, 0.05) is 23.2 Å². The fraction of sp³-hybridized carbons (Fsp3) is 0.231. The first kappa shape index (κ1) is 13.2. The average molecular weight is 266 g/mol. The minimum absolute atomic E-state index is 0.0322. The summed E-state index contributed by atoms with van der Waals surface area (Å²) in [6.45, 7) is 1.71. The molecule has 4 nitrogen and oxygen atoms in total. The molecule has 0 fully saturated rings. The molecule has 1 heterocycles. The summed E-state index contributed by atoms with van der Waals surface area (Å²) in [5, 5.41) is 15.3. The quantitative estimate of drug-likeness (QED) is 0.894. The zero-order valence-corrected chi connectivity index (χ0v) is 10.2. The first-order valence-corrected chi connectivity index (χ1v) is 5.70. The van der Waals surface area contributed by atoms with Crippen molar-refractivity contribution in [2.24, 2.45) is 0 Å². The third-order valence-electron chi connectivity index (χ3n) is 2.85. The van der Waals surface area contributed by atoms with E-state index < -0.39 is 17.6 Å². The number of nitrogens with zero attached hydrogens (tertiary/aromatic N) is 1. The SMILES string of the molecule is Cc1[nH]nc(-c2cc(F)ccc2F)c1CCC(=O)O. The molecule has 0 bridgehead atoms. The maximum atomic E-state index is 13.7. The van der Waals surface area contributed by atoms with Crippen LogP contribution in [0.25, 0.3) is 11.3 Å². The Bertz CT molecular complexity index is 623. The van der Waals surface area contributed by atoms with Crippen molar-refractivity contribution < 1.29 is 18.7 Å². The van der Waals surface area contributed by atoms with Gasteiger partial charge in [0.25, 0.3) is 0 Å². The average Bonchev–Trinajstić information content (AvgIpc) is 2.71. The van der Waals surface area contributed by atoms with Crippen molar-refractivity contribution >= 4 is 5.97 Å². The van der Waals surface area contributed by atoms with E-state index in [1.54, 1.807) is 6.92 Å². The molecule has 0 saturated carbocycles. The summed E-state index contributed by atoms with van der Waals surface area (Å²) in [7, 11) is 0. The predicted molar refractivity (Wildman–Crippen MR) is 64.6 cm³/mol. The molecule has 2 N–H and O–H groups in total. The molecule has 0 spiro atoms. The number of aliphatic carboxylic acids is 1. The third-order valence-corrected chi connectivity index (χ3v) is 2.85. The Morgan fingerprint density at radius 1 is 1.42 bits per heavy atom. The summed E-state index contributed by atoms with van der Waals surface area (Å²) in [5.74, 6) is -2.11. The zero-order valence-electron chi connectivity index (χ0n) is 10.2. The molecule has 1 aromatic carbocycles. The Morgan fingerprint density at radius 3 is 2.84 bits per heavy atom. The Kier molecular flexibility index (Phi) is 3.59. The van der Waals surface area contributed by atoms with Crippen molar-refractivity contribution in [3.05, 3.63) is 41.1 Å². The summed E-state index contributed by atoms with van der Waals surface area (Å²) < 4.78 is 26.9. The number of hydrogen-bond donors (Lipinski definition) is 2. The molecule has 6 heteroatoms. The van der Waals surface area contributed by atoms with Crippen LogP contribution in [0, 0.1) is 18.6 Å². The summed E-state index contributed by atoms with van der Waals surface area (Å²) in [6.07, 6.45) is 0.118. The zero-order chi connectivity index (χ0) is 14.0. The van der Waals surface area contributed by atoms with Gasteiger partial charge >= 0.3 is 5.97 Å². The first-order valence-electron chi connectivity index (χ1n) is 5.70. The van der Waals surface area contributed by atoms with Crippen LogP contribution in [0.15, 0.2) is 18.2 Å². The first-order chi connectivity index (χ1) is 8.99. The minimum atomic E-state index is -0.953. The van der Waals surface area contributed by atoms with Crippen molar-refractivity contribution in [3.8, 4) is 11.3 Å². The van der Waals surface area contributed by atoms with Crippen molar-refractivity contribution in [2.75, 3.05) is 0 Å². The molecule has 0 saturated heterocycles. The number of hydrogen-bond acceptors (Lipinski definition) is 2. The van der Waals surface area contributed by atoms with Gasteiger partial charge in [0.1, 0.15) is 11.6 Å². The lowest BCUT2D eigenvalue weighted by Crippen LogP contribution is -1.99. The third kappa shape index (κ3) is 2.78. The maximum absolute atomic E-state index is 13.7. The van der Waals surface area contributed by atoms with Crippen LogP contribution < -0.4 is 0 Å². The van der Waals surface area contributed by atoms with E-state index in [2.05, 4.69) is 10.2 Å². The summed E-state index contributed by atoms with van der Waals surface area (Å²) in [4.78, 5) is 10.6. The standard InChI is InChI=1S/C13H12F2N2O2/c1-7-9(3-5-12(18)19)13(17-16-7)10-6-8(14)2-4-11(10)15/h2,4,6H,3,5H2,1H3,(H,16,17)(H,18,19). The number of benzene rings is 1. The number of carboxylic acids is 1. The van der Waals surface area contributed by atoms with E-state index in [-0.39, 0.29) is 24.1 Å². The number of carbonyl (C=O) groups is 1. The molecular weight excluding hydrogens is 254 g/mol. The molecule has 0 amide bonds. The largest absolute Gasteiger partial charge is 0.481 e. The summed E-state index contributed by atoms with van der Waals surface area (Å²) >= 11 is 0. The number of aryl methyl sites for hydroxylation is 1. The number of aromatic nitrogens is 2. The number of carboxylic acid groups (broad SMARTS) is 1. The Labute approximate surface area is 108 Å². The lowest BCUT2D eigenvalue weighted by Gasteiger charge is -2.04. The molecule has 100 valence electrons. The van der Waals surface area contributed by atoms with Gasteiger partial charge in [-0.2, -0.15) is 5.10 Å². The highest BCUT2D eigenvalue weighted by Gasteiger charge is 2.17. The molecular formula is C13H12F2N2O2. The predicted octanol–water partition coefficient (Wildman–Crippen LogP) is 2.68. The number of aromatic amines is 1. The van der Waals surface area contributed by atoms with Crippen LogP contribution in [0.4, 0.5) is 8.78 Å². The molecule has 2 rings (SSSR count). The monoisotopic (exact) mass is 266 g/mol. The number of halogens is 2. The normalized spacial score (nSPS) is 10.7. The van der Waals surface area contributed by atoms with E-state index in [0.717, 1.165) is 18.2 Å². The second-order valence-corrected chi connectivity index (χ2v) is 4.19. The molecule has 0 atom stereocenters. The second-order valence-electron chi connectivity index (χ2n) is 4.19. The van der Waals surface area contributed by atoms with E-state index in [9.17, 15) is 13.6 Å². The molecule has 0 aliphatic heterocycles.